The molecule has 1 saturated heterocycles. The van der Waals surface area contributed by atoms with E-state index in [2.05, 4.69) is 83.6 Å². The first-order valence-corrected chi connectivity index (χ1v) is 14.5. The van der Waals surface area contributed by atoms with Crippen LogP contribution in [0.4, 0.5) is 0 Å². The molecule has 1 amide bonds. The highest BCUT2D eigenvalue weighted by atomic mass is 127. The number of carbonyl (C=O) groups is 2. The molecule has 1 unspecified atom stereocenters. The van der Waals surface area contributed by atoms with Crippen LogP contribution in [0.1, 0.15) is 65.0 Å². The summed E-state index contributed by atoms with van der Waals surface area (Å²) in [6.45, 7) is 12.6. The Balaban J connectivity index is 0.000000480. The summed E-state index contributed by atoms with van der Waals surface area (Å²) in [4.78, 5) is 19.2. The van der Waals surface area contributed by atoms with Gasteiger partial charge in [-0.1, -0.05) is 64.1 Å². The molecule has 1 aromatic heterocycles. The minimum atomic E-state index is -0.903. The number of halogens is 1. The van der Waals surface area contributed by atoms with Crippen molar-refractivity contribution in [3.63, 3.8) is 0 Å². The maximum Gasteiger partial charge on any atom is 0.491 e. The van der Waals surface area contributed by atoms with E-state index in [0.717, 1.165) is 21.5 Å². The highest BCUT2D eigenvalue weighted by Gasteiger charge is 2.26. The smallest absolute Gasteiger partial charge is 0.481 e. The van der Waals surface area contributed by atoms with E-state index in [1.165, 1.54) is 36.1 Å². The van der Waals surface area contributed by atoms with Crippen molar-refractivity contribution in [1.82, 2.24) is 10.6 Å². The monoisotopic (exact) mass is 654 g/mol. The molecule has 1 fully saturated rings. The van der Waals surface area contributed by atoms with E-state index in [1.807, 2.05) is 31.2 Å². The van der Waals surface area contributed by atoms with Gasteiger partial charge in [0, 0.05) is 17.0 Å². The van der Waals surface area contributed by atoms with Crippen LogP contribution in [0, 0.1) is 0 Å². The number of benzene rings is 1. The summed E-state index contributed by atoms with van der Waals surface area (Å²) in [5, 5.41) is 22.9. The Morgan fingerprint density at radius 3 is 2.33 bits per heavy atom. The van der Waals surface area contributed by atoms with Crippen LogP contribution in [-0.2, 0) is 25.3 Å². The predicted octanol–water partition coefficient (Wildman–Crippen LogP) is 5.00. The van der Waals surface area contributed by atoms with E-state index in [1.54, 1.807) is 12.5 Å². The number of fused-ring (bicyclic) bond motifs is 1. The SMILES string of the molecule is C/C=C\C(C)=C(C)C.CC1CCCN1.O=CNCCC(=O)O.OB1OCc2ccc(CI)cc21.c1ccoc1. The molecule has 216 valence electrons. The fourth-order valence-electron chi connectivity index (χ4n) is 3.09. The molecule has 39 heavy (non-hydrogen) atoms. The van der Waals surface area contributed by atoms with Gasteiger partial charge in [0.05, 0.1) is 25.6 Å². The van der Waals surface area contributed by atoms with Crippen LogP contribution in [0.15, 0.2) is 70.6 Å². The summed E-state index contributed by atoms with van der Waals surface area (Å²) in [5.74, 6) is -0.903. The number of hydrogen-bond acceptors (Lipinski definition) is 6. The minimum Gasteiger partial charge on any atom is -0.481 e. The number of furan rings is 1. The molecule has 2 aromatic rings. The van der Waals surface area contributed by atoms with Crippen LogP contribution in [0.25, 0.3) is 0 Å². The number of allylic oxidation sites excluding steroid dienone is 4. The first-order valence-electron chi connectivity index (χ1n) is 13.0. The Hall–Kier alpha value is -2.41. The van der Waals surface area contributed by atoms with Crippen LogP contribution in [-0.4, -0.2) is 48.8 Å². The molecular weight excluding hydrogens is 610 g/mol. The summed E-state index contributed by atoms with van der Waals surface area (Å²) < 4.78 is 10.6. The van der Waals surface area contributed by atoms with Gasteiger partial charge in [0.1, 0.15) is 0 Å². The Labute approximate surface area is 247 Å². The molecule has 0 spiro atoms. The van der Waals surface area contributed by atoms with E-state index in [0.29, 0.717) is 13.0 Å². The number of alkyl halides is 1. The molecular formula is C29H44BIN2O6. The highest BCUT2D eigenvalue weighted by molar-refractivity contribution is 14.1. The molecule has 3 heterocycles. The Morgan fingerprint density at radius 1 is 1.26 bits per heavy atom. The third-order valence-corrected chi connectivity index (χ3v) is 6.41. The van der Waals surface area contributed by atoms with Gasteiger partial charge < -0.3 is 29.8 Å². The van der Waals surface area contributed by atoms with Crippen molar-refractivity contribution in [2.75, 3.05) is 13.1 Å². The summed E-state index contributed by atoms with van der Waals surface area (Å²) in [5.41, 5.74) is 6.04. The summed E-state index contributed by atoms with van der Waals surface area (Å²) in [6, 6.07) is 10.6. The fraction of sp³-hybridized carbons (Fsp3) is 0.448. The lowest BCUT2D eigenvalue weighted by molar-refractivity contribution is -0.136. The Kier molecular flexibility index (Phi) is 22.0. The summed E-state index contributed by atoms with van der Waals surface area (Å²) in [7, 11) is -0.706. The molecule has 0 aliphatic carbocycles. The number of nitrogens with one attached hydrogen (secondary N) is 2. The zero-order valence-corrected chi connectivity index (χ0v) is 25.9. The lowest BCUT2D eigenvalue weighted by atomic mass is 9.79. The first kappa shape index (κ1) is 36.6. The molecule has 2 aliphatic heterocycles. The van der Waals surface area contributed by atoms with Gasteiger partial charge in [-0.2, -0.15) is 0 Å². The number of hydrogen-bond donors (Lipinski definition) is 4. The maximum atomic E-state index is 9.72. The lowest BCUT2D eigenvalue weighted by Crippen LogP contribution is -2.28. The number of amides is 1. The van der Waals surface area contributed by atoms with Crippen molar-refractivity contribution in [3.8, 4) is 0 Å². The molecule has 1 aromatic carbocycles. The van der Waals surface area contributed by atoms with Gasteiger partial charge in [0.15, 0.2) is 0 Å². The van der Waals surface area contributed by atoms with Crippen molar-refractivity contribution in [1.29, 1.82) is 0 Å². The van der Waals surface area contributed by atoms with Gasteiger partial charge in [-0.3, -0.25) is 9.59 Å². The molecule has 0 bridgehead atoms. The average Bonchev–Trinajstić information content (AvgIpc) is 3.71. The van der Waals surface area contributed by atoms with E-state index in [9.17, 15) is 14.6 Å². The van der Waals surface area contributed by atoms with Gasteiger partial charge >= 0.3 is 13.1 Å². The van der Waals surface area contributed by atoms with Crippen molar-refractivity contribution in [2.24, 2.45) is 0 Å². The largest absolute Gasteiger partial charge is 0.491 e. The van der Waals surface area contributed by atoms with Gasteiger partial charge in [0.25, 0.3) is 0 Å². The first-order chi connectivity index (χ1) is 18.7. The Bertz CT molecular complexity index is 955. The Morgan fingerprint density at radius 2 is 1.95 bits per heavy atom. The number of carbonyl (C=O) groups excluding carboxylic acids is 1. The molecule has 4 rings (SSSR count). The van der Waals surface area contributed by atoms with Gasteiger partial charge in [-0.15, -0.1) is 0 Å². The molecule has 8 nitrogen and oxygen atoms in total. The molecule has 2 aliphatic rings. The maximum absolute atomic E-state index is 9.72. The van der Waals surface area contributed by atoms with Crippen LogP contribution in [0.5, 0.6) is 0 Å². The summed E-state index contributed by atoms with van der Waals surface area (Å²) in [6.07, 6.45) is 10.6. The van der Waals surface area contributed by atoms with E-state index in [4.69, 9.17) is 9.76 Å². The third kappa shape index (κ3) is 19.3. The molecule has 0 saturated carbocycles. The average molecular weight is 654 g/mol. The number of carboxylic acid groups (broad SMARTS) is 1. The second-order valence-corrected chi connectivity index (χ2v) is 9.78. The minimum absolute atomic E-state index is 0.0151. The van der Waals surface area contributed by atoms with Gasteiger partial charge in [0.2, 0.25) is 6.41 Å². The van der Waals surface area contributed by atoms with Crippen LogP contribution >= 0.6 is 22.6 Å². The molecule has 4 N–H and O–H groups in total. The topological polar surface area (TPSA) is 121 Å². The zero-order valence-electron chi connectivity index (χ0n) is 23.8. The van der Waals surface area contributed by atoms with E-state index in [-0.39, 0.29) is 13.0 Å². The van der Waals surface area contributed by atoms with Crippen molar-refractivity contribution in [3.05, 3.63) is 77.3 Å². The molecule has 1 atom stereocenters. The zero-order chi connectivity index (χ0) is 29.5. The van der Waals surface area contributed by atoms with Crippen LogP contribution in [0.2, 0.25) is 0 Å². The van der Waals surface area contributed by atoms with Crippen molar-refractivity contribution >= 4 is 47.6 Å². The number of aliphatic carboxylic acids is 1. The second kappa shape index (κ2) is 23.5. The van der Waals surface area contributed by atoms with Crippen molar-refractivity contribution in [2.45, 2.75) is 71.0 Å². The van der Waals surface area contributed by atoms with Crippen LogP contribution < -0.4 is 16.1 Å². The molecule has 0 radical (unpaired) electrons. The quantitative estimate of drug-likeness (QED) is 0.0865. The predicted molar refractivity (Wildman–Crippen MR) is 167 cm³/mol. The standard InChI is InChI=1S/C8H8BIO2.C8H14.C5H11N.C4H7NO3.C4H4O/c10-4-6-1-2-7-5-12-9(11)8(7)3-6;1-5-6-8(4)7(2)3;1-5-3-2-4-6-5;6-3-5-2-1-4(7)8;1-2-4-5-3-1/h1-3,11H,4-5H2;5-6H,1-4H3;5-6H,2-4H2,1H3;3H,1-2H2,(H,5,6)(H,7,8);1-4H/b;6-5-;;;. The highest BCUT2D eigenvalue weighted by Crippen LogP contribution is 2.13. The third-order valence-electron chi connectivity index (χ3n) is 5.53. The lowest BCUT2D eigenvalue weighted by Gasteiger charge is -2.00. The summed E-state index contributed by atoms with van der Waals surface area (Å²) >= 11 is 2.30. The molecule has 10 heteroatoms. The number of carboxylic acids is 1. The van der Waals surface area contributed by atoms with Crippen LogP contribution in [0.3, 0.4) is 0 Å². The van der Waals surface area contributed by atoms with Gasteiger partial charge in [-0.25, -0.2) is 0 Å². The van der Waals surface area contributed by atoms with E-state index < -0.39 is 13.1 Å². The number of rotatable bonds is 6. The van der Waals surface area contributed by atoms with Crippen molar-refractivity contribution < 1.29 is 28.8 Å². The fourth-order valence-corrected chi connectivity index (χ4v) is 3.56. The van der Waals surface area contributed by atoms with E-state index >= 15 is 0 Å². The normalized spacial score (nSPS) is 14.6. The van der Waals surface area contributed by atoms with Gasteiger partial charge in [-0.05, 0) is 82.7 Å². The second-order valence-electron chi connectivity index (χ2n) is 9.02.